The van der Waals surface area contributed by atoms with Crippen LogP contribution < -0.4 is 5.32 Å². The summed E-state index contributed by atoms with van der Waals surface area (Å²) in [6.45, 7) is 2.69. The van der Waals surface area contributed by atoms with Crippen molar-refractivity contribution in [1.82, 2.24) is 10.2 Å². The standard InChI is InChI=1S/C11H14ClN3O2.ClH/c1-14(10-5-13-6-10)7-8-2-3-9(15(16)17)4-11(8)12;/h2-4,10,13H,5-7H2,1H3;1H. The summed E-state index contributed by atoms with van der Waals surface area (Å²) in [5.74, 6) is 0. The minimum absolute atomic E-state index is 0. The molecule has 7 heteroatoms. The second-order valence-electron chi connectivity index (χ2n) is 4.26. The van der Waals surface area contributed by atoms with Crippen molar-refractivity contribution in [2.24, 2.45) is 0 Å². The average molecular weight is 292 g/mol. The third-order valence-corrected chi connectivity index (χ3v) is 3.40. The summed E-state index contributed by atoms with van der Waals surface area (Å²) in [6, 6.07) is 5.15. The Labute approximate surface area is 117 Å². The highest BCUT2D eigenvalue weighted by atomic mass is 35.5. The Balaban J connectivity index is 0.00000162. The summed E-state index contributed by atoms with van der Waals surface area (Å²) >= 11 is 6.04. The van der Waals surface area contributed by atoms with E-state index >= 15 is 0 Å². The number of benzene rings is 1. The van der Waals surface area contributed by atoms with Crippen LogP contribution in [0.5, 0.6) is 0 Å². The summed E-state index contributed by atoms with van der Waals surface area (Å²) in [7, 11) is 2.03. The number of nitrogens with one attached hydrogen (secondary N) is 1. The summed E-state index contributed by atoms with van der Waals surface area (Å²) in [4.78, 5) is 12.3. The number of rotatable bonds is 4. The fourth-order valence-corrected chi connectivity index (χ4v) is 2.00. The third-order valence-electron chi connectivity index (χ3n) is 3.05. The van der Waals surface area contributed by atoms with Gasteiger partial charge < -0.3 is 5.32 Å². The van der Waals surface area contributed by atoms with Gasteiger partial charge in [-0.2, -0.15) is 0 Å². The van der Waals surface area contributed by atoms with Gasteiger partial charge in [-0.3, -0.25) is 15.0 Å². The molecule has 1 aliphatic heterocycles. The normalized spacial score (nSPS) is 15.1. The first-order valence-corrected chi connectivity index (χ1v) is 5.79. The highest BCUT2D eigenvalue weighted by Crippen LogP contribution is 2.24. The van der Waals surface area contributed by atoms with Crippen LogP contribution >= 0.6 is 24.0 Å². The van der Waals surface area contributed by atoms with Crippen LogP contribution in [-0.4, -0.2) is 36.0 Å². The molecule has 0 aliphatic carbocycles. The molecule has 0 radical (unpaired) electrons. The molecule has 1 N–H and O–H groups in total. The topological polar surface area (TPSA) is 58.4 Å². The van der Waals surface area contributed by atoms with Gasteiger partial charge in [0.05, 0.1) is 9.95 Å². The lowest BCUT2D eigenvalue weighted by molar-refractivity contribution is -0.384. The van der Waals surface area contributed by atoms with Crippen molar-refractivity contribution in [3.8, 4) is 0 Å². The zero-order chi connectivity index (χ0) is 12.4. The lowest BCUT2D eigenvalue weighted by atomic mass is 10.1. The van der Waals surface area contributed by atoms with Gasteiger partial charge in [-0.05, 0) is 18.7 Å². The van der Waals surface area contributed by atoms with Gasteiger partial charge in [0.25, 0.3) is 5.69 Å². The van der Waals surface area contributed by atoms with Gasteiger partial charge in [-0.25, -0.2) is 0 Å². The summed E-state index contributed by atoms with van der Waals surface area (Å²) < 4.78 is 0. The van der Waals surface area contributed by atoms with Gasteiger partial charge in [0.15, 0.2) is 0 Å². The van der Waals surface area contributed by atoms with E-state index in [0.29, 0.717) is 17.6 Å². The number of nitrogens with zero attached hydrogens (tertiary/aromatic N) is 2. The molecule has 0 bridgehead atoms. The largest absolute Gasteiger partial charge is 0.314 e. The molecule has 1 aromatic carbocycles. The van der Waals surface area contributed by atoms with Gasteiger partial charge in [-0.1, -0.05) is 11.6 Å². The van der Waals surface area contributed by atoms with Crippen LogP contribution in [0.2, 0.25) is 5.02 Å². The Bertz CT molecular complexity index is 438. The summed E-state index contributed by atoms with van der Waals surface area (Å²) in [5.41, 5.74) is 0.957. The number of hydrogen-bond donors (Lipinski definition) is 1. The molecule has 0 unspecified atom stereocenters. The molecule has 0 spiro atoms. The van der Waals surface area contributed by atoms with Crippen molar-refractivity contribution in [2.45, 2.75) is 12.6 Å². The quantitative estimate of drug-likeness (QED) is 0.682. The smallest absolute Gasteiger partial charge is 0.270 e. The third kappa shape index (κ3) is 3.32. The highest BCUT2D eigenvalue weighted by Gasteiger charge is 2.22. The van der Waals surface area contributed by atoms with E-state index in [1.54, 1.807) is 6.07 Å². The van der Waals surface area contributed by atoms with E-state index in [4.69, 9.17) is 11.6 Å². The van der Waals surface area contributed by atoms with E-state index in [1.165, 1.54) is 12.1 Å². The number of likely N-dealkylation sites (N-methyl/N-ethyl adjacent to an activating group) is 1. The van der Waals surface area contributed by atoms with Gasteiger partial charge in [0.2, 0.25) is 0 Å². The molecule has 1 heterocycles. The summed E-state index contributed by atoms with van der Waals surface area (Å²) in [5, 5.41) is 14.2. The van der Waals surface area contributed by atoms with Gasteiger partial charge in [0, 0.05) is 37.8 Å². The Morgan fingerprint density at radius 3 is 2.67 bits per heavy atom. The molecule has 0 aromatic heterocycles. The number of nitro groups is 1. The number of non-ortho nitro benzene ring substituents is 1. The lowest BCUT2D eigenvalue weighted by Crippen LogP contribution is -2.55. The molecule has 1 saturated heterocycles. The van der Waals surface area contributed by atoms with Crippen molar-refractivity contribution in [3.63, 3.8) is 0 Å². The monoisotopic (exact) mass is 291 g/mol. The molecule has 5 nitrogen and oxygen atoms in total. The molecular weight excluding hydrogens is 277 g/mol. The fraction of sp³-hybridized carbons (Fsp3) is 0.455. The Morgan fingerprint density at radius 1 is 1.56 bits per heavy atom. The Hall–Kier alpha value is -0.880. The zero-order valence-corrected chi connectivity index (χ0v) is 11.5. The van der Waals surface area contributed by atoms with Crippen molar-refractivity contribution >= 4 is 29.7 Å². The van der Waals surface area contributed by atoms with E-state index in [-0.39, 0.29) is 18.1 Å². The van der Waals surface area contributed by atoms with E-state index in [1.807, 2.05) is 7.05 Å². The van der Waals surface area contributed by atoms with E-state index in [2.05, 4.69) is 10.2 Å². The first-order valence-electron chi connectivity index (χ1n) is 5.41. The van der Waals surface area contributed by atoms with Crippen LogP contribution in [0.1, 0.15) is 5.56 Å². The van der Waals surface area contributed by atoms with Crippen LogP contribution in [0.4, 0.5) is 5.69 Å². The van der Waals surface area contributed by atoms with E-state index < -0.39 is 4.92 Å². The second-order valence-corrected chi connectivity index (χ2v) is 4.67. The van der Waals surface area contributed by atoms with Crippen molar-refractivity contribution in [2.75, 3.05) is 20.1 Å². The van der Waals surface area contributed by atoms with Crippen LogP contribution in [0.15, 0.2) is 18.2 Å². The fourth-order valence-electron chi connectivity index (χ4n) is 1.76. The number of nitro benzene ring substituents is 1. The molecule has 0 amide bonds. The zero-order valence-electron chi connectivity index (χ0n) is 9.93. The minimum atomic E-state index is -0.435. The summed E-state index contributed by atoms with van der Waals surface area (Å²) in [6.07, 6.45) is 0. The Kier molecular flexibility index (Phi) is 5.34. The highest BCUT2D eigenvalue weighted by molar-refractivity contribution is 6.31. The average Bonchev–Trinajstić information content (AvgIpc) is 2.18. The van der Waals surface area contributed by atoms with Crippen molar-refractivity contribution < 1.29 is 4.92 Å². The predicted octanol–water partition coefficient (Wildman–Crippen LogP) is 2.07. The number of hydrogen-bond acceptors (Lipinski definition) is 4. The maximum absolute atomic E-state index is 10.6. The molecule has 2 rings (SSSR count). The van der Waals surface area contributed by atoms with Gasteiger partial charge in [-0.15, -0.1) is 12.4 Å². The SMILES string of the molecule is CN(Cc1ccc([N+](=O)[O-])cc1Cl)C1CNC1.Cl. The minimum Gasteiger partial charge on any atom is -0.314 e. The van der Waals surface area contributed by atoms with Crippen LogP contribution in [-0.2, 0) is 6.54 Å². The first kappa shape index (κ1) is 15.2. The molecule has 1 aromatic rings. The molecule has 1 aliphatic rings. The lowest BCUT2D eigenvalue weighted by Gasteiger charge is -2.35. The molecular formula is C11H15Cl2N3O2. The van der Waals surface area contributed by atoms with E-state index in [9.17, 15) is 10.1 Å². The predicted molar refractivity (Wildman–Crippen MR) is 73.5 cm³/mol. The van der Waals surface area contributed by atoms with Crippen LogP contribution in [0.3, 0.4) is 0 Å². The van der Waals surface area contributed by atoms with Crippen LogP contribution in [0.25, 0.3) is 0 Å². The molecule has 0 atom stereocenters. The Morgan fingerprint density at radius 2 is 2.22 bits per heavy atom. The van der Waals surface area contributed by atoms with E-state index in [0.717, 1.165) is 18.7 Å². The molecule has 100 valence electrons. The van der Waals surface area contributed by atoms with Crippen molar-refractivity contribution in [1.29, 1.82) is 0 Å². The van der Waals surface area contributed by atoms with Gasteiger partial charge >= 0.3 is 0 Å². The first-order chi connectivity index (χ1) is 8.08. The van der Waals surface area contributed by atoms with Crippen LogP contribution in [0, 0.1) is 10.1 Å². The molecule has 0 saturated carbocycles. The maximum atomic E-state index is 10.6. The maximum Gasteiger partial charge on any atom is 0.270 e. The second kappa shape index (κ2) is 6.33. The van der Waals surface area contributed by atoms with Crippen molar-refractivity contribution in [3.05, 3.63) is 38.9 Å². The molecule has 18 heavy (non-hydrogen) atoms. The molecule has 1 fully saturated rings. The van der Waals surface area contributed by atoms with Gasteiger partial charge in [0.1, 0.15) is 0 Å². The number of halogens is 2.